The Morgan fingerprint density at radius 3 is 2.31 bits per heavy atom. The number of nitrogens with zero attached hydrogens (tertiary/aromatic N) is 1. The monoisotopic (exact) mass is 376 g/mol. The number of rotatable bonds is 8. The van der Waals surface area contributed by atoms with Gasteiger partial charge in [-0.1, -0.05) is 35.9 Å². The molecular weight excluding hydrogens is 352 g/mol. The highest BCUT2D eigenvalue weighted by Crippen LogP contribution is 2.24. The summed E-state index contributed by atoms with van der Waals surface area (Å²) in [4.78, 5) is 12.1. The topological polar surface area (TPSA) is 86.7 Å². The Bertz CT molecular complexity index is 818. The first kappa shape index (κ1) is 19.9. The van der Waals surface area contributed by atoms with Crippen molar-refractivity contribution in [2.45, 2.75) is 31.3 Å². The molecule has 2 N–H and O–H groups in total. The number of sulfonamides is 1. The van der Waals surface area contributed by atoms with Gasteiger partial charge in [0.15, 0.2) is 0 Å². The number of amides is 1. The van der Waals surface area contributed by atoms with E-state index in [0.29, 0.717) is 5.69 Å². The minimum absolute atomic E-state index is 0.00588. The molecule has 1 amide bonds. The Kier molecular flexibility index (Phi) is 6.76. The molecule has 0 saturated carbocycles. The molecule has 2 aromatic carbocycles. The minimum Gasteiger partial charge on any atom is -0.392 e. The first-order chi connectivity index (χ1) is 12.3. The lowest BCUT2D eigenvalue weighted by Gasteiger charge is -2.24. The van der Waals surface area contributed by atoms with Crippen LogP contribution in [-0.2, 0) is 14.8 Å². The Labute approximate surface area is 154 Å². The Morgan fingerprint density at radius 1 is 1.12 bits per heavy atom. The fourth-order valence-corrected chi connectivity index (χ4v) is 3.86. The number of hydrogen-bond donors (Lipinski definition) is 2. The number of carbonyl (C=O) groups is 1. The van der Waals surface area contributed by atoms with E-state index >= 15 is 0 Å². The molecule has 2 rings (SSSR count). The molecule has 0 bridgehead atoms. The van der Waals surface area contributed by atoms with Crippen molar-refractivity contribution in [1.29, 1.82) is 0 Å². The summed E-state index contributed by atoms with van der Waals surface area (Å²) in [6, 6.07) is 15.2. The summed E-state index contributed by atoms with van der Waals surface area (Å²) >= 11 is 0. The molecule has 6 nitrogen and oxygen atoms in total. The van der Waals surface area contributed by atoms with Crippen LogP contribution in [0.2, 0.25) is 0 Å². The van der Waals surface area contributed by atoms with Crippen LogP contribution in [0.4, 0.5) is 5.69 Å². The predicted octanol–water partition coefficient (Wildman–Crippen LogP) is 2.08. The van der Waals surface area contributed by atoms with Crippen LogP contribution in [0.5, 0.6) is 0 Å². The lowest BCUT2D eigenvalue weighted by atomic mass is 10.2. The first-order valence-corrected chi connectivity index (χ1v) is 9.84. The smallest absolute Gasteiger partial charge is 0.264 e. The zero-order valence-electron chi connectivity index (χ0n) is 14.9. The largest absolute Gasteiger partial charge is 0.392 e. The second-order valence-corrected chi connectivity index (χ2v) is 7.99. The van der Waals surface area contributed by atoms with E-state index in [0.717, 1.165) is 5.56 Å². The molecule has 0 heterocycles. The van der Waals surface area contributed by atoms with Crippen molar-refractivity contribution in [3.05, 3.63) is 60.2 Å². The molecular formula is C19H24N2O4S. The van der Waals surface area contributed by atoms with Crippen LogP contribution < -0.4 is 9.62 Å². The van der Waals surface area contributed by atoms with Crippen molar-refractivity contribution >= 4 is 21.6 Å². The summed E-state index contributed by atoms with van der Waals surface area (Å²) in [5.41, 5.74) is 1.52. The first-order valence-electron chi connectivity index (χ1n) is 8.40. The minimum atomic E-state index is -3.79. The van der Waals surface area contributed by atoms with Crippen LogP contribution >= 0.6 is 0 Å². The number of hydrogen-bond acceptors (Lipinski definition) is 4. The van der Waals surface area contributed by atoms with Gasteiger partial charge in [-0.3, -0.25) is 9.10 Å². The highest BCUT2D eigenvalue weighted by Gasteiger charge is 2.25. The molecule has 0 spiro atoms. The number of aliphatic hydroxyl groups is 1. The lowest BCUT2D eigenvalue weighted by Crippen LogP contribution is -2.37. The maximum Gasteiger partial charge on any atom is 0.264 e. The van der Waals surface area contributed by atoms with Gasteiger partial charge in [0.1, 0.15) is 0 Å². The number of benzene rings is 2. The average Bonchev–Trinajstić information content (AvgIpc) is 2.62. The Morgan fingerprint density at radius 2 is 1.73 bits per heavy atom. The van der Waals surface area contributed by atoms with Crippen LogP contribution in [0, 0.1) is 6.92 Å². The number of aliphatic hydroxyl groups excluding tert-OH is 1. The predicted molar refractivity (Wildman–Crippen MR) is 101 cm³/mol. The van der Waals surface area contributed by atoms with Crippen LogP contribution in [0.25, 0.3) is 0 Å². The van der Waals surface area contributed by atoms with Gasteiger partial charge in [0.25, 0.3) is 10.0 Å². The van der Waals surface area contributed by atoms with Gasteiger partial charge in [0, 0.05) is 19.5 Å². The van der Waals surface area contributed by atoms with E-state index in [9.17, 15) is 18.3 Å². The third kappa shape index (κ3) is 5.31. The third-order valence-electron chi connectivity index (χ3n) is 3.79. The molecule has 0 aliphatic rings. The molecule has 2 aromatic rings. The third-order valence-corrected chi connectivity index (χ3v) is 5.63. The second-order valence-electron chi connectivity index (χ2n) is 6.13. The van der Waals surface area contributed by atoms with Gasteiger partial charge < -0.3 is 10.4 Å². The quantitative estimate of drug-likeness (QED) is 0.738. The highest BCUT2D eigenvalue weighted by molar-refractivity contribution is 7.92. The molecule has 0 radical (unpaired) electrons. The Hall–Kier alpha value is -2.38. The van der Waals surface area contributed by atoms with Gasteiger partial charge in [0.2, 0.25) is 5.91 Å². The molecule has 0 fully saturated rings. The van der Waals surface area contributed by atoms with E-state index in [1.165, 1.54) is 16.4 Å². The van der Waals surface area contributed by atoms with Gasteiger partial charge in [-0.15, -0.1) is 0 Å². The van der Waals surface area contributed by atoms with E-state index < -0.39 is 16.1 Å². The van der Waals surface area contributed by atoms with Gasteiger partial charge in [-0.25, -0.2) is 8.42 Å². The number of carbonyl (C=O) groups excluding carboxylic acids is 1. The molecule has 0 aliphatic heterocycles. The van der Waals surface area contributed by atoms with Crippen LogP contribution in [0.3, 0.4) is 0 Å². The normalized spacial score (nSPS) is 12.4. The number of anilines is 1. The van der Waals surface area contributed by atoms with E-state index in [2.05, 4.69) is 5.32 Å². The van der Waals surface area contributed by atoms with Crippen LogP contribution in [0.1, 0.15) is 18.9 Å². The van der Waals surface area contributed by atoms with Gasteiger partial charge >= 0.3 is 0 Å². The van der Waals surface area contributed by atoms with Gasteiger partial charge in [0.05, 0.1) is 16.7 Å². The van der Waals surface area contributed by atoms with Crippen LogP contribution in [-0.4, -0.2) is 38.6 Å². The molecule has 0 aliphatic carbocycles. The van der Waals surface area contributed by atoms with Crippen molar-refractivity contribution < 1.29 is 18.3 Å². The number of aryl methyl sites for hydroxylation is 1. The summed E-state index contributed by atoms with van der Waals surface area (Å²) in [6.45, 7) is 3.63. The van der Waals surface area contributed by atoms with Gasteiger partial charge in [-0.05, 0) is 38.1 Å². The molecule has 26 heavy (non-hydrogen) atoms. The maximum absolute atomic E-state index is 13.1. The Balaban J connectivity index is 2.25. The summed E-state index contributed by atoms with van der Waals surface area (Å²) < 4.78 is 27.3. The summed E-state index contributed by atoms with van der Waals surface area (Å²) in [6.07, 6.45) is -0.660. The zero-order valence-corrected chi connectivity index (χ0v) is 15.7. The highest BCUT2D eigenvalue weighted by atomic mass is 32.2. The van der Waals surface area contributed by atoms with Crippen molar-refractivity contribution in [1.82, 2.24) is 5.32 Å². The average molecular weight is 376 g/mol. The van der Waals surface area contributed by atoms with E-state index in [4.69, 9.17) is 0 Å². The summed E-state index contributed by atoms with van der Waals surface area (Å²) in [5, 5.41) is 11.8. The molecule has 0 aromatic heterocycles. The van der Waals surface area contributed by atoms with E-state index in [1.807, 2.05) is 19.1 Å². The van der Waals surface area contributed by atoms with Crippen LogP contribution in [0.15, 0.2) is 59.5 Å². The fourth-order valence-electron chi connectivity index (χ4n) is 2.37. The molecule has 1 atom stereocenters. The molecule has 140 valence electrons. The number of nitrogens with one attached hydrogen (secondary N) is 1. The second kappa shape index (κ2) is 8.82. The molecule has 7 heteroatoms. The maximum atomic E-state index is 13.1. The molecule has 1 unspecified atom stereocenters. The SMILES string of the molecule is Cc1ccc(N(CCC(=O)NCC(C)O)S(=O)(=O)c2ccccc2)cc1. The van der Waals surface area contributed by atoms with Gasteiger partial charge in [-0.2, -0.15) is 0 Å². The summed E-state index contributed by atoms with van der Waals surface area (Å²) in [5.74, 6) is -0.314. The lowest BCUT2D eigenvalue weighted by molar-refractivity contribution is -0.121. The van der Waals surface area contributed by atoms with Crippen molar-refractivity contribution in [2.24, 2.45) is 0 Å². The van der Waals surface area contributed by atoms with E-state index in [1.54, 1.807) is 37.3 Å². The fraction of sp³-hybridized carbons (Fsp3) is 0.316. The standard InChI is InChI=1S/C19H24N2O4S/c1-15-8-10-17(11-9-15)21(13-12-19(23)20-14-16(2)22)26(24,25)18-6-4-3-5-7-18/h3-11,16,22H,12-14H2,1-2H3,(H,20,23). The van der Waals surface area contributed by atoms with Crippen molar-refractivity contribution in [3.63, 3.8) is 0 Å². The van der Waals surface area contributed by atoms with E-state index in [-0.39, 0.29) is 30.3 Å². The van der Waals surface area contributed by atoms with Crippen molar-refractivity contribution in [2.75, 3.05) is 17.4 Å². The van der Waals surface area contributed by atoms with Crippen molar-refractivity contribution in [3.8, 4) is 0 Å². The zero-order chi connectivity index (χ0) is 19.2. The summed E-state index contributed by atoms with van der Waals surface area (Å²) in [7, 11) is -3.79. The molecule has 0 saturated heterocycles.